The van der Waals surface area contributed by atoms with Gasteiger partial charge in [0.15, 0.2) is 5.65 Å². The maximum absolute atomic E-state index is 13.3. The zero-order valence-electron chi connectivity index (χ0n) is 18.0. The summed E-state index contributed by atoms with van der Waals surface area (Å²) in [4.78, 5) is 19.5. The molecule has 6 aromatic rings. The average Bonchev–Trinajstić information content (AvgIpc) is 3.45. The summed E-state index contributed by atoms with van der Waals surface area (Å²) in [6.07, 6.45) is -1.62. The van der Waals surface area contributed by atoms with E-state index < -0.39 is 17.6 Å². The molecule has 0 aliphatic rings. The first kappa shape index (κ1) is 20.9. The molecule has 0 amide bonds. The minimum Gasteiger partial charge on any atom is -0.438 e. The molecule has 0 fully saturated rings. The Balaban J connectivity index is 1.41. The second kappa shape index (κ2) is 7.98. The van der Waals surface area contributed by atoms with Gasteiger partial charge in [0.1, 0.15) is 17.1 Å². The van der Waals surface area contributed by atoms with E-state index in [1.807, 2.05) is 36.4 Å². The Morgan fingerprint density at radius 1 is 0.743 bits per heavy atom. The standard InChI is InChI=1S/C26H16F3N5O/c27-26(28,29)18-6-3-14-31-25(18)35-16-11-9-15(10-12-16)22-21(17-5-1-2-7-19(17)32-22)24-33-20-8-4-13-30-23(20)34-24/h1-14,32H,(H,30,33,34). The number of halogens is 3. The number of pyridine rings is 2. The molecule has 0 atom stereocenters. The fourth-order valence-electron chi connectivity index (χ4n) is 4.06. The highest BCUT2D eigenvalue weighted by Crippen LogP contribution is 2.39. The van der Waals surface area contributed by atoms with E-state index in [1.54, 1.807) is 30.5 Å². The van der Waals surface area contributed by atoms with Crippen molar-refractivity contribution in [3.05, 3.63) is 90.8 Å². The Labute approximate surface area is 196 Å². The minimum absolute atomic E-state index is 0.239. The summed E-state index contributed by atoms with van der Waals surface area (Å²) in [5.74, 6) is 0.409. The topological polar surface area (TPSA) is 79.5 Å². The monoisotopic (exact) mass is 471 g/mol. The number of ether oxygens (including phenoxy) is 1. The summed E-state index contributed by atoms with van der Waals surface area (Å²) in [7, 11) is 0. The van der Waals surface area contributed by atoms with Crippen molar-refractivity contribution < 1.29 is 17.9 Å². The Morgan fingerprint density at radius 2 is 1.49 bits per heavy atom. The number of nitrogens with one attached hydrogen (secondary N) is 2. The number of aromatic nitrogens is 5. The third kappa shape index (κ3) is 3.76. The van der Waals surface area contributed by atoms with E-state index in [0.717, 1.165) is 39.3 Å². The Kier molecular flexibility index (Phi) is 4.77. The van der Waals surface area contributed by atoms with E-state index in [1.165, 1.54) is 12.3 Å². The molecule has 2 aromatic carbocycles. The molecule has 0 bridgehead atoms. The lowest BCUT2D eigenvalue weighted by molar-refractivity contribution is -0.138. The minimum atomic E-state index is -4.57. The van der Waals surface area contributed by atoms with Crippen LogP contribution in [0.1, 0.15) is 5.56 Å². The number of aromatic amines is 2. The summed E-state index contributed by atoms with van der Waals surface area (Å²) in [6, 6.07) is 20.6. The van der Waals surface area contributed by atoms with Gasteiger partial charge in [0.25, 0.3) is 0 Å². The molecule has 2 N–H and O–H groups in total. The van der Waals surface area contributed by atoms with E-state index in [-0.39, 0.29) is 5.75 Å². The Bertz CT molecular complexity index is 1640. The molecule has 0 aliphatic carbocycles. The molecule has 35 heavy (non-hydrogen) atoms. The van der Waals surface area contributed by atoms with Crippen molar-refractivity contribution in [2.45, 2.75) is 6.18 Å². The predicted octanol–water partition coefficient (Wildman–Crippen LogP) is 6.98. The molecule has 172 valence electrons. The third-order valence-electron chi connectivity index (χ3n) is 5.63. The van der Waals surface area contributed by atoms with Crippen molar-refractivity contribution in [3.63, 3.8) is 0 Å². The second-order valence-electron chi connectivity index (χ2n) is 7.86. The average molecular weight is 471 g/mol. The first-order chi connectivity index (χ1) is 17.0. The normalized spacial score (nSPS) is 11.9. The van der Waals surface area contributed by atoms with Gasteiger partial charge in [-0.25, -0.2) is 15.0 Å². The number of hydrogen-bond acceptors (Lipinski definition) is 4. The first-order valence-electron chi connectivity index (χ1n) is 10.7. The van der Waals surface area contributed by atoms with Gasteiger partial charge in [-0.3, -0.25) is 0 Å². The summed E-state index contributed by atoms with van der Waals surface area (Å²) >= 11 is 0. The molecular formula is C26H16F3N5O. The first-order valence-corrected chi connectivity index (χ1v) is 10.7. The van der Waals surface area contributed by atoms with E-state index in [4.69, 9.17) is 4.74 Å². The van der Waals surface area contributed by atoms with Crippen molar-refractivity contribution in [1.29, 1.82) is 0 Å². The molecular weight excluding hydrogens is 455 g/mol. The molecule has 6 nitrogen and oxygen atoms in total. The smallest absolute Gasteiger partial charge is 0.421 e. The summed E-state index contributed by atoms with van der Waals surface area (Å²) in [5, 5.41) is 0.977. The third-order valence-corrected chi connectivity index (χ3v) is 5.63. The molecule has 0 unspecified atom stereocenters. The highest BCUT2D eigenvalue weighted by atomic mass is 19.4. The maximum atomic E-state index is 13.3. The SMILES string of the molecule is FC(F)(F)c1cccnc1Oc1ccc(-c2[nH]c3ccccc3c2-c2nc3ncccc3[nH]2)cc1. The van der Waals surface area contributed by atoms with E-state index in [0.29, 0.717) is 11.5 Å². The van der Waals surface area contributed by atoms with Gasteiger partial charge in [-0.05, 0) is 60.2 Å². The molecule has 0 aliphatic heterocycles. The summed E-state index contributed by atoms with van der Waals surface area (Å²) in [5.41, 5.74) is 3.92. The number of nitrogens with zero attached hydrogens (tertiary/aromatic N) is 3. The fraction of sp³-hybridized carbons (Fsp3) is 0.0385. The van der Waals surface area contributed by atoms with Gasteiger partial charge < -0.3 is 14.7 Å². The maximum Gasteiger partial charge on any atom is 0.421 e. The van der Waals surface area contributed by atoms with Gasteiger partial charge in [-0.15, -0.1) is 0 Å². The van der Waals surface area contributed by atoms with Crippen LogP contribution in [-0.2, 0) is 6.18 Å². The van der Waals surface area contributed by atoms with Crippen LogP contribution in [0, 0.1) is 0 Å². The van der Waals surface area contributed by atoms with Crippen molar-refractivity contribution in [3.8, 4) is 34.3 Å². The molecule has 9 heteroatoms. The van der Waals surface area contributed by atoms with Crippen LogP contribution in [-0.4, -0.2) is 24.9 Å². The second-order valence-corrected chi connectivity index (χ2v) is 7.86. The number of H-pyrrole nitrogens is 2. The molecule has 4 heterocycles. The predicted molar refractivity (Wildman–Crippen MR) is 126 cm³/mol. The van der Waals surface area contributed by atoms with Crippen LogP contribution < -0.4 is 4.74 Å². The van der Waals surface area contributed by atoms with Gasteiger partial charge >= 0.3 is 6.18 Å². The fourth-order valence-corrected chi connectivity index (χ4v) is 4.06. The van der Waals surface area contributed by atoms with Crippen molar-refractivity contribution >= 4 is 22.1 Å². The number of para-hydroxylation sites is 1. The zero-order chi connectivity index (χ0) is 24.0. The highest BCUT2D eigenvalue weighted by Gasteiger charge is 2.35. The van der Waals surface area contributed by atoms with Crippen LogP contribution in [0.4, 0.5) is 13.2 Å². The van der Waals surface area contributed by atoms with Crippen molar-refractivity contribution in [1.82, 2.24) is 24.9 Å². The number of benzene rings is 2. The van der Waals surface area contributed by atoms with Crippen LogP contribution in [0.25, 0.3) is 44.7 Å². The number of imidazole rings is 1. The lowest BCUT2D eigenvalue weighted by atomic mass is 10.0. The van der Waals surface area contributed by atoms with Crippen LogP contribution in [0.2, 0.25) is 0 Å². The number of rotatable bonds is 4. The number of hydrogen-bond donors (Lipinski definition) is 2. The zero-order valence-corrected chi connectivity index (χ0v) is 18.0. The van der Waals surface area contributed by atoms with Crippen molar-refractivity contribution in [2.24, 2.45) is 0 Å². The van der Waals surface area contributed by atoms with E-state index in [2.05, 4.69) is 24.9 Å². The lowest BCUT2D eigenvalue weighted by Gasteiger charge is -2.12. The molecule has 4 aromatic heterocycles. The van der Waals surface area contributed by atoms with Crippen LogP contribution >= 0.6 is 0 Å². The Hall–Kier alpha value is -4.66. The van der Waals surface area contributed by atoms with Gasteiger partial charge in [0, 0.05) is 23.3 Å². The lowest BCUT2D eigenvalue weighted by Crippen LogP contribution is -2.08. The quantitative estimate of drug-likeness (QED) is 0.291. The van der Waals surface area contributed by atoms with E-state index in [9.17, 15) is 13.2 Å². The number of fused-ring (bicyclic) bond motifs is 2. The summed E-state index contributed by atoms with van der Waals surface area (Å²) < 4.78 is 45.3. The highest BCUT2D eigenvalue weighted by molar-refractivity contribution is 6.03. The number of alkyl halides is 3. The largest absolute Gasteiger partial charge is 0.438 e. The molecule has 0 spiro atoms. The van der Waals surface area contributed by atoms with Gasteiger partial charge in [0.05, 0.1) is 16.8 Å². The van der Waals surface area contributed by atoms with Gasteiger partial charge in [0.2, 0.25) is 5.88 Å². The van der Waals surface area contributed by atoms with E-state index >= 15 is 0 Å². The molecule has 0 saturated heterocycles. The van der Waals surface area contributed by atoms with Crippen molar-refractivity contribution in [2.75, 3.05) is 0 Å². The van der Waals surface area contributed by atoms with Gasteiger partial charge in [-0.2, -0.15) is 13.2 Å². The molecule has 0 saturated carbocycles. The summed E-state index contributed by atoms with van der Waals surface area (Å²) in [6.45, 7) is 0. The Morgan fingerprint density at radius 3 is 2.29 bits per heavy atom. The molecule has 0 radical (unpaired) electrons. The van der Waals surface area contributed by atoms with Crippen LogP contribution in [0.3, 0.4) is 0 Å². The molecule has 6 rings (SSSR count). The van der Waals surface area contributed by atoms with Crippen LogP contribution in [0.5, 0.6) is 11.6 Å². The van der Waals surface area contributed by atoms with Gasteiger partial charge in [-0.1, -0.05) is 18.2 Å². The van der Waals surface area contributed by atoms with Crippen LogP contribution in [0.15, 0.2) is 85.2 Å².